The number of ether oxygens (including phenoxy) is 1. The van der Waals surface area contributed by atoms with Crippen LogP contribution in [0.15, 0.2) is 94.1 Å². The summed E-state index contributed by atoms with van der Waals surface area (Å²) in [5, 5.41) is 21.7. The molecule has 0 amide bonds. The van der Waals surface area contributed by atoms with E-state index in [-0.39, 0.29) is 24.8 Å². The zero-order valence-electron chi connectivity index (χ0n) is 21.7. The second-order valence-electron chi connectivity index (χ2n) is 8.99. The van der Waals surface area contributed by atoms with Crippen molar-refractivity contribution < 1.29 is 32.8 Å². The molecule has 1 aliphatic heterocycles. The highest BCUT2D eigenvalue weighted by molar-refractivity contribution is 7.53. The van der Waals surface area contributed by atoms with Gasteiger partial charge in [-0.25, -0.2) is 4.57 Å². The summed E-state index contributed by atoms with van der Waals surface area (Å²) in [7, 11) is -2.77. The molecule has 0 aliphatic carbocycles. The SMILES string of the molecule is COc1cc2c(cc1O)C/C(=N/P(=O)(Oc1ccccc1)Oc1ccccc1)N(Cc1ccc([N+](=O)[O-])o1)C2C. The van der Waals surface area contributed by atoms with Gasteiger partial charge in [0.1, 0.15) is 28.0 Å². The highest BCUT2D eigenvalue weighted by Gasteiger charge is 2.36. The van der Waals surface area contributed by atoms with Crippen molar-refractivity contribution in [2.45, 2.75) is 25.9 Å². The molecule has 0 bridgehead atoms. The number of methoxy groups -OCH3 is 1. The monoisotopic (exact) mass is 563 g/mol. The number of phenolic OH excluding ortho intramolecular Hbond substituents is 1. The smallest absolute Gasteiger partial charge is 0.504 e. The summed E-state index contributed by atoms with van der Waals surface area (Å²) in [5.41, 5.74) is 1.56. The lowest BCUT2D eigenvalue weighted by Crippen LogP contribution is -2.39. The second kappa shape index (κ2) is 11.2. The average molecular weight is 564 g/mol. The summed E-state index contributed by atoms with van der Waals surface area (Å²) in [5.74, 6) is 1.08. The zero-order valence-corrected chi connectivity index (χ0v) is 22.6. The number of rotatable bonds is 9. The Morgan fingerprint density at radius 2 is 1.68 bits per heavy atom. The van der Waals surface area contributed by atoms with Crippen LogP contribution in [0.1, 0.15) is 29.9 Å². The molecule has 2 heterocycles. The molecule has 12 heteroatoms. The maximum absolute atomic E-state index is 14.3. The van der Waals surface area contributed by atoms with Crippen LogP contribution in [0.3, 0.4) is 0 Å². The fraction of sp³-hybridized carbons (Fsp3) is 0.179. The van der Waals surface area contributed by atoms with Crippen LogP contribution < -0.4 is 13.8 Å². The molecular weight excluding hydrogens is 537 g/mol. The number of amidine groups is 1. The van der Waals surface area contributed by atoms with E-state index >= 15 is 0 Å². The van der Waals surface area contributed by atoms with Gasteiger partial charge in [-0.15, -0.1) is 4.76 Å². The predicted octanol–water partition coefficient (Wildman–Crippen LogP) is 6.69. The van der Waals surface area contributed by atoms with E-state index in [4.69, 9.17) is 18.2 Å². The fourth-order valence-electron chi connectivity index (χ4n) is 4.46. The van der Waals surface area contributed by atoms with Gasteiger partial charge in [0.05, 0.1) is 25.8 Å². The molecule has 1 atom stereocenters. The standard InChI is InChI=1S/C28H26N3O8P/c1-19-24-17-26(36-2)25(32)15-20(24)16-27(30(19)18-23-13-14-28(37-23)31(33)34)29-40(35,38-21-9-5-3-6-10-21)39-22-11-7-4-8-12-22/h3-15,17,19,32H,16,18H2,1-2H3/b29-27-. The normalized spacial score (nSPS) is 15.9. The Bertz CT molecular complexity index is 1540. The summed E-state index contributed by atoms with van der Waals surface area (Å²) < 4.78 is 41.3. The molecule has 1 unspecified atom stereocenters. The van der Waals surface area contributed by atoms with E-state index in [0.29, 0.717) is 28.8 Å². The number of nitrogens with zero attached hydrogens (tertiary/aromatic N) is 3. The van der Waals surface area contributed by atoms with E-state index in [1.807, 2.05) is 6.92 Å². The number of benzene rings is 3. The molecule has 4 aromatic rings. The number of fused-ring (bicyclic) bond motifs is 1. The van der Waals surface area contributed by atoms with E-state index in [1.165, 1.54) is 19.2 Å². The first-order chi connectivity index (χ1) is 19.2. The van der Waals surface area contributed by atoms with Crippen LogP contribution in [0, 0.1) is 10.1 Å². The van der Waals surface area contributed by atoms with Crippen LogP contribution in [-0.4, -0.2) is 27.9 Å². The highest BCUT2D eigenvalue weighted by atomic mass is 31.2. The summed E-state index contributed by atoms with van der Waals surface area (Å²) in [4.78, 5) is 12.4. The highest BCUT2D eigenvalue weighted by Crippen LogP contribution is 2.51. The molecule has 0 fully saturated rings. The number of aromatic hydroxyl groups is 1. The molecule has 40 heavy (non-hydrogen) atoms. The van der Waals surface area contributed by atoms with Gasteiger partial charge in [-0.2, -0.15) is 0 Å². The Hall–Kier alpha value is -4.76. The summed E-state index contributed by atoms with van der Waals surface area (Å²) >= 11 is 0. The third-order valence-electron chi connectivity index (χ3n) is 6.36. The molecule has 11 nitrogen and oxygen atoms in total. The molecule has 0 spiro atoms. The minimum absolute atomic E-state index is 0.0489. The minimum atomic E-state index is -4.23. The van der Waals surface area contributed by atoms with Crippen LogP contribution in [0.4, 0.5) is 5.88 Å². The summed E-state index contributed by atoms with van der Waals surface area (Å²) in [6.45, 7) is 1.97. The van der Waals surface area contributed by atoms with Crippen molar-refractivity contribution in [1.29, 1.82) is 0 Å². The number of hydrogen-bond donors (Lipinski definition) is 1. The Kier molecular flexibility index (Phi) is 7.48. The van der Waals surface area contributed by atoms with E-state index in [2.05, 4.69) is 4.76 Å². The first-order valence-corrected chi connectivity index (χ1v) is 13.8. The Labute approximate surface area is 230 Å². The lowest BCUT2D eigenvalue weighted by atomic mass is 9.92. The van der Waals surface area contributed by atoms with Gasteiger partial charge in [0.25, 0.3) is 0 Å². The lowest BCUT2D eigenvalue weighted by molar-refractivity contribution is -0.402. The fourth-order valence-corrected chi connectivity index (χ4v) is 5.83. The van der Waals surface area contributed by atoms with E-state index in [1.54, 1.807) is 77.7 Å². The first kappa shape index (κ1) is 26.8. The van der Waals surface area contributed by atoms with Gasteiger partial charge in [0.2, 0.25) is 0 Å². The molecular formula is C28H26N3O8P. The topological polar surface area (TPSA) is 137 Å². The maximum Gasteiger partial charge on any atom is 0.564 e. The molecule has 5 rings (SSSR count). The maximum atomic E-state index is 14.3. The number of phenols is 1. The third kappa shape index (κ3) is 5.79. The molecule has 0 saturated carbocycles. The Morgan fingerprint density at radius 1 is 1.05 bits per heavy atom. The second-order valence-corrected chi connectivity index (χ2v) is 10.5. The van der Waals surface area contributed by atoms with Gasteiger partial charge in [0.15, 0.2) is 11.5 Å². The van der Waals surface area contributed by atoms with Gasteiger partial charge in [-0.05, 0) is 60.5 Å². The van der Waals surface area contributed by atoms with Crippen LogP contribution in [0.5, 0.6) is 23.0 Å². The van der Waals surface area contributed by atoms with Gasteiger partial charge >= 0.3 is 13.6 Å². The molecule has 3 aromatic carbocycles. The average Bonchev–Trinajstić information content (AvgIpc) is 3.41. The predicted molar refractivity (Wildman–Crippen MR) is 147 cm³/mol. The van der Waals surface area contributed by atoms with Gasteiger partial charge in [-0.3, -0.25) is 10.1 Å². The van der Waals surface area contributed by atoms with Crippen molar-refractivity contribution in [3.63, 3.8) is 0 Å². The molecule has 1 N–H and O–H groups in total. The molecule has 1 aromatic heterocycles. The van der Waals surface area contributed by atoms with Gasteiger partial charge in [0, 0.05) is 6.42 Å². The van der Waals surface area contributed by atoms with Crippen LogP contribution in [0.2, 0.25) is 0 Å². The van der Waals surface area contributed by atoms with Crippen molar-refractivity contribution in [3.8, 4) is 23.0 Å². The molecule has 0 radical (unpaired) electrons. The van der Waals surface area contributed by atoms with Crippen molar-refractivity contribution in [1.82, 2.24) is 4.90 Å². The lowest BCUT2D eigenvalue weighted by Gasteiger charge is -2.37. The van der Waals surface area contributed by atoms with Crippen molar-refractivity contribution >= 4 is 19.5 Å². The summed E-state index contributed by atoms with van der Waals surface area (Å²) in [6, 6.07) is 22.8. The van der Waals surface area contributed by atoms with Crippen LogP contribution in [-0.2, 0) is 17.5 Å². The number of furan rings is 1. The van der Waals surface area contributed by atoms with Crippen molar-refractivity contribution in [3.05, 3.63) is 112 Å². The largest absolute Gasteiger partial charge is 0.564 e. The Balaban J connectivity index is 1.60. The molecule has 206 valence electrons. The summed E-state index contributed by atoms with van der Waals surface area (Å²) in [6.07, 6.45) is 0.153. The Morgan fingerprint density at radius 3 is 2.23 bits per heavy atom. The minimum Gasteiger partial charge on any atom is -0.504 e. The third-order valence-corrected chi connectivity index (χ3v) is 7.72. The van der Waals surface area contributed by atoms with Crippen LogP contribution in [0.25, 0.3) is 0 Å². The van der Waals surface area contributed by atoms with Gasteiger partial charge in [-0.1, -0.05) is 36.4 Å². The van der Waals surface area contributed by atoms with E-state index in [0.717, 1.165) is 11.1 Å². The number of para-hydroxylation sites is 2. The van der Waals surface area contributed by atoms with Crippen LogP contribution >= 0.6 is 7.75 Å². The van der Waals surface area contributed by atoms with Gasteiger partial charge < -0.3 is 28.2 Å². The zero-order chi connectivity index (χ0) is 28.3. The quantitative estimate of drug-likeness (QED) is 0.134. The van der Waals surface area contributed by atoms with Crippen molar-refractivity contribution in [2.75, 3.05) is 7.11 Å². The molecule has 1 aliphatic rings. The van der Waals surface area contributed by atoms with Crippen molar-refractivity contribution in [2.24, 2.45) is 4.76 Å². The number of nitro groups is 1. The molecule has 0 saturated heterocycles. The van der Waals surface area contributed by atoms with E-state index in [9.17, 15) is 19.8 Å². The number of hydrogen-bond acceptors (Lipinski definition) is 8. The first-order valence-electron chi connectivity index (χ1n) is 12.3. The van der Waals surface area contributed by atoms with E-state index < -0.39 is 18.6 Å².